The van der Waals surface area contributed by atoms with Gasteiger partial charge in [0, 0.05) is 18.0 Å². The van der Waals surface area contributed by atoms with E-state index < -0.39 is 0 Å². The van der Waals surface area contributed by atoms with Gasteiger partial charge in [0.2, 0.25) is 0 Å². The normalized spacial score (nSPS) is 17.4. The van der Waals surface area contributed by atoms with Crippen molar-refractivity contribution in [1.29, 1.82) is 0 Å². The van der Waals surface area contributed by atoms with E-state index in [-0.39, 0.29) is 6.10 Å². The fraction of sp³-hybridized carbons (Fsp3) is 0.333. The van der Waals surface area contributed by atoms with Crippen LogP contribution in [0, 0.1) is 6.92 Å². The van der Waals surface area contributed by atoms with E-state index in [1.807, 2.05) is 24.3 Å². The van der Waals surface area contributed by atoms with Gasteiger partial charge in [0.05, 0.1) is 12.2 Å². The third kappa shape index (κ3) is 2.91. The Labute approximate surface area is 117 Å². The average Bonchev–Trinajstić information content (AvgIpc) is 2.84. The maximum atomic E-state index is 5.96. The van der Waals surface area contributed by atoms with E-state index >= 15 is 0 Å². The molecular formula is C15H18N2OS. The number of thiophene rings is 1. The van der Waals surface area contributed by atoms with E-state index in [0.29, 0.717) is 0 Å². The maximum absolute atomic E-state index is 5.96. The molecule has 1 atom stereocenters. The number of benzene rings is 1. The van der Waals surface area contributed by atoms with E-state index in [9.17, 15) is 0 Å². The van der Waals surface area contributed by atoms with Crippen LogP contribution in [0.25, 0.3) is 0 Å². The molecule has 0 spiro atoms. The molecule has 4 heteroatoms. The van der Waals surface area contributed by atoms with E-state index in [1.165, 1.54) is 10.4 Å². The molecule has 1 unspecified atom stereocenters. The minimum Gasteiger partial charge on any atom is -0.485 e. The van der Waals surface area contributed by atoms with Gasteiger partial charge in [-0.3, -0.25) is 0 Å². The van der Waals surface area contributed by atoms with Gasteiger partial charge in [0.1, 0.15) is 11.9 Å². The van der Waals surface area contributed by atoms with Gasteiger partial charge in [-0.25, -0.2) is 0 Å². The monoisotopic (exact) mass is 274 g/mol. The number of aryl methyl sites for hydroxylation is 1. The van der Waals surface area contributed by atoms with Crippen molar-refractivity contribution in [3.8, 4) is 5.75 Å². The Morgan fingerprint density at radius 3 is 3.11 bits per heavy atom. The van der Waals surface area contributed by atoms with E-state index in [2.05, 4.69) is 29.0 Å². The smallest absolute Gasteiger partial charge is 0.142 e. The van der Waals surface area contributed by atoms with Gasteiger partial charge in [-0.2, -0.15) is 0 Å². The highest BCUT2D eigenvalue weighted by atomic mass is 32.1. The minimum absolute atomic E-state index is 0.190. The number of nitrogens with one attached hydrogen (secondary N) is 2. The first kappa shape index (κ1) is 12.5. The minimum atomic E-state index is 0.190. The lowest BCUT2D eigenvalue weighted by Crippen LogP contribution is -2.39. The van der Waals surface area contributed by atoms with Crippen LogP contribution in [-0.2, 0) is 6.54 Å². The maximum Gasteiger partial charge on any atom is 0.142 e. The summed E-state index contributed by atoms with van der Waals surface area (Å²) >= 11 is 1.81. The molecule has 1 aliphatic heterocycles. The van der Waals surface area contributed by atoms with Crippen LogP contribution in [0.15, 0.2) is 35.7 Å². The lowest BCUT2D eigenvalue weighted by atomic mass is 10.2. The van der Waals surface area contributed by atoms with Crippen molar-refractivity contribution >= 4 is 17.0 Å². The topological polar surface area (TPSA) is 33.3 Å². The average molecular weight is 274 g/mol. The molecule has 0 saturated carbocycles. The molecule has 0 bridgehead atoms. The predicted molar refractivity (Wildman–Crippen MR) is 80.1 cm³/mol. The van der Waals surface area contributed by atoms with Crippen LogP contribution in [0.4, 0.5) is 5.69 Å². The van der Waals surface area contributed by atoms with Crippen molar-refractivity contribution in [1.82, 2.24) is 5.32 Å². The molecule has 0 radical (unpaired) electrons. The molecule has 19 heavy (non-hydrogen) atoms. The molecule has 1 aromatic heterocycles. The number of fused-ring (bicyclic) bond motifs is 1. The molecule has 3 rings (SSSR count). The van der Waals surface area contributed by atoms with Gasteiger partial charge in [0.25, 0.3) is 0 Å². The highest BCUT2D eigenvalue weighted by Crippen LogP contribution is 2.27. The summed E-state index contributed by atoms with van der Waals surface area (Å²) in [6.07, 6.45) is 0.190. The van der Waals surface area contributed by atoms with Crippen molar-refractivity contribution < 1.29 is 4.74 Å². The summed E-state index contributed by atoms with van der Waals surface area (Å²) < 4.78 is 5.96. The van der Waals surface area contributed by atoms with Crippen molar-refractivity contribution in [3.05, 3.63) is 46.2 Å². The summed E-state index contributed by atoms with van der Waals surface area (Å²) in [5, 5.41) is 9.02. The van der Waals surface area contributed by atoms with Crippen LogP contribution in [-0.4, -0.2) is 19.2 Å². The fourth-order valence-electron chi connectivity index (χ4n) is 2.21. The number of hydrogen-bond acceptors (Lipinski definition) is 4. The largest absolute Gasteiger partial charge is 0.485 e. The molecule has 1 aliphatic rings. The van der Waals surface area contributed by atoms with Crippen molar-refractivity contribution in [2.24, 2.45) is 0 Å². The van der Waals surface area contributed by atoms with Gasteiger partial charge in [-0.15, -0.1) is 11.3 Å². The molecule has 2 heterocycles. The third-order valence-electron chi connectivity index (χ3n) is 3.33. The van der Waals surface area contributed by atoms with Crippen LogP contribution < -0.4 is 15.4 Å². The standard InChI is InChI=1S/C15H18N2OS/c1-11-6-7-19-15(11)10-16-8-12-9-17-13-4-2-3-5-14(13)18-12/h2-7,12,16-17H,8-10H2,1H3. The zero-order valence-corrected chi connectivity index (χ0v) is 11.8. The van der Waals surface area contributed by atoms with E-state index in [4.69, 9.17) is 4.74 Å². The molecule has 3 nitrogen and oxygen atoms in total. The van der Waals surface area contributed by atoms with E-state index in [0.717, 1.165) is 31.1 Å². The lowest BCUT2D eigenvalue weighted by Gasteiger charge is -2.27. The van der Waals surface area contributed by atoms with Gasteiger partial charge in [0.15, 0.2) is 0 Å². The molecule has 0 aliphatic carbocycles. The number of hydrogen-bond donors (Lipinski definition) is 2. The number of para-hydroxylation sites is 2. The first-order chi connectivity index (χ1) is 9.33. The Bertz CT molecular complexity index is 553. The summed E-state index contributed by atoms with van der Waals surface area (Å²) in [4.78, 5) is 1.41. The molecule has 0 fully saturated rings. The molecule has 1 aromatic carbocycles. The summed E-state index contributed by atoms with van der Waals surface area (Å²) in [6.45, 7) is 4.79. The first-order valence-corrected chi connectivity index (χ1v) is 7.44. The van der Waals surface area contributed by atoms with Gasteiger partial charge in [-0.05, 0) is 36.1 Å². The Morgan fingerprint density at radius 2 is 2.26 bits per heavy atom. The lowest BCUT2D eigenvalue weighted by molar-refractivity contribution is 0.202. The Hall–Kier alpha value is -1.52. The second-order valence-corrected chi connectivity index (χ2v) is 5.78. The number of anilines is 1. The highest BCUT2D eigenvalue weighted by Gasteiger charge is 2.18. The molecular weight excluding hydrogens is 256 g/mol. The zero-order valence-electron chi connectivity index (χ0n) is 11.0. The van der Waals surface area contributed by atoms with Gasteiger partial charge >= 0.3 is 0 Å². The molecule has 2 aromatic rings. The van der Waals surface area contributed by atoms with Crippen molar-refractivity contribution in [2.75, 3.05) is 18.4 Å². The second-order valence-electron chi connectivity index (χ2n) is 4.77. The SMILES string of the molecule is Cc1ccsc1CNCC1CNc2ccccc2O1. The molecule has 0 amide bonds. The second kappa shape index (κ2) is 5.63. The van der Waals surface area contributed by atoms with Gasteiger partial charge < -0.3 is 15.4 Å². The Balaban J connectivity index is 1.51. The number of rotatable bonds is 4. The number of ether oxygens (including phenoxy) is 1. The van der Waals surface area contributed by atoms with Gasteiger partial charge in [-0.1, -0.05) is 12.1 Å². The van der Waals surface area contributed by atoms with Crippen LogP contribution in [0.3, 0.4) is 0 Å². The van der Waals surface area contributed by atoms with Crippen molar-refractivity contribution in [2.45, 2.75) is 19.6 Å². The molecule has 2 N–H and O–H groups in total. The van der Waals surface area contributed by atoms with Crippen molar-refractivity contribution in [3.63, 3.8) is 0 Å². The Morgan fingerprint density at radius 1 is 1.37 bits per heavy atom. The van der Waals surface area contributed by atoms with Crippen LogP contribution in [0.5, 0.6) is 5.75 Å². The van der Waals surface area contributed by atoms with Crippen LogP contribution in [0.1, 0.15) is 10.4 Å². The summed E-state index contributed by atoms with van der Waals surface area (Å²) in [7, 11) is 0. The third-order valence-corrected chi connectivity index (χ3v) is 4.35. The summed E-state index contributed by atoms with van der Waals surface area (Å²) in [5.41, 5.74) is 2.46. The molecule has 0 saturated heterocycles. The fourth-order valence-corrected chi connectivity index (χ4v) is 3.08. The highest BCUT2D eigenvalue weighted by molar-refractivity contribution is 7.10. The van der Waals surface area contributed by atoms with Crippen LogP contribution in [0.2, 0.25) is 0 Å². The zero-order chi connectivity index (χ0) is 13.1. The quantitative estimate of drug-likeness (QED) is 0.899. The van der Waals surface area contributed by atoms with Crippen LogP contribution >= 0.6 is 11.3 Å². The Kier molecular flexibility index (Phi) is 3.71. The van der Waals surface area contributed by atoms with E-state index in [1.54, 1.807) is 11.3 Å². The summed E-state index contributed by atoms with van der Waals surface area (Å²) in [5.74, 6) is 0.952. The first-order valence-electron chi connectivity index (χ1n) is 6.56. The summed E-state index contributed by atoms with van der Waals surface area (Å²) in [6, 6.07) is 10.3. The molecule has 100 valence electrons. The predicted octanol–water partition coefficient (Wildman–Crippen LogP) is 3.02.